The number of rotatable bonds is 4. The first-order valence-electron chi connectivity index (χ1n) is 12.9. The molecule has 3 aromatic heterocycles. The summed E-state index contributed by atoms with van der Waals surface area (Å²) in [6.45, 7) is 10.8. The number of nitrogens with one attached hydrogen (secondary N) is 1. The summed E-state index contributed by atoms with van der Waals surface area (Å²) in [6, 6.07) is 6.13. The summed E-state index contributed by atoms with van der Waals surface area (Å²) >= 11 is 3.60. The molecule has 10 nitrogen and oxygen atoms in total. The lowest BCUT2D eigenvalue weighted by Gasteiger charge is -2.33. The molecule has 4 heterocycles. The number of aromatic nitrogens is 5. The average Bonchev–Trinajstić information content (AvgIpc) is 3.34. The van der Waals surface area contributed by atoms with E-state index in [0.29, 0.717) is 34.4 Å². The summed E-state index contributed by atoms with van der Waals surface area (Å²) < 4.78 is 9.74. The lowest BCUT2D eigenvalue weighted by atomic mass is 10.1. The highest BCUT2D eigenvalue weighted by Gasteiger charge is 2.28. The van der Waals surface area contributed by atoms with Gasteiger partial charge in [0.25, 0.3) is 5.56 Å². The Labute approximate surface area is 235 Å². The number of amides is 1. The number of nitrogens with zero attached hydrogens (tertiary/aromatic N) is 6. The number of benzene rings is 1. The Kier molecular flexibility index (Phi) is 7.19. The molecule has 0 spiro atoms. The summed E-state index contributed by atoms with van der Waals surface area (Å²) in [5.41, 5.74) is 3.46. The number of fused-ring (bicyclic) bond motifs is 1. The monoisotopic (exact) mass is 593 g/mol. The van der Waals surface area contributed by atoms with E-state index in [1.54, 1.807) is 28.1 Å². The third kappa shape index (κ3) is 5.68. The second kappa shape index (κ2) is 10.4. The Morgan fingerprint density at radius 1 is 1.10 bits per heavy atom. The van der Waals surface area contributed by atoms with Gasteiger partial charge in [-0.2, -0.15) is 5.10 Å². The Balaban J connectivity index is 1.31. The largest absolute Gasteiger partial charge is 0.444 e. The summed E-state index contributed by atoms with van der Waals surface area (Å²) in [5, 5.41) is 8.14. The maximum Gasteiger partial charge on any atom is 0.410 e. The number of piperidine rings is 1. The van der Waals surface area contributed by atoms with Crippen LogP contribution >= 0.6 is 15.9 Å². The van der Waals surface area contributed by atoms with Crippen molar-refractivity contribution in [3.8, 4) is 5.69 Å². The van der Waals surface area contributed by atoms with Crippen molar-refractivity contribution in [2.75, 3.05) is 18.4 Å². The number of ether oxygens (including phenoxy) is 1. The Bertz CT molecular complexity index is 1580. The zero-order chi connectivity index (χ0) is 27.9. The van der Waals surface area contributed by atoms with Crippen LogP contribution in [-0.2, 0) is 4.74 Å². The maximum absolute atomic E-state index is 13.4. The lowest BCUT2D eigenvalue weighted by Crippen LogP contribution is -2.42. The van der Waals surface area contributed by atoms with Gasteiger partial charge >= 0.3 is 6.09 Å². The van der Waals surface area contributed by atoms with Crippen molar-refractivity contribution in [2.45, 2.75) is 59.1 Å². The van der Waals surface area contributed by atoms with E-state index in [4.69, 9.17) is 4.74 Å². The number of pyridine rings is 1. The van der Waals surface area contributed by atoms with Crippen LogP contribution in [-0.4, -0.2) is 54.0 Å². The normalized spacial score (nSPS) is 14.6. The van der Waals surface area contributed by atoms with Crippen molar-refractivity contribution in [1.29, 1.82) is 0 Å². The van der Waals surface area contributed by atoms with Crippen molar-refractivity contribution < 1.29 is 9.53 Å². The van der Waals surface area contributed by atoms with Gasteiger partial charge in [-0.05, 0) is 74.5 Å². The summed E-state index contributed by atoms with van der Waals surface area (Å²) in [7, 11) is 0. The molecule has 1 amide bonds. The average molecular weight is 595 g/mol. The Hall–Kier alpha value is -3.73. The van der Waals surface area contributed by atoms with Gasteiger partial charge in [-0.25, -0.2) is 14.8 Å². The molecule has 1 fully saturated rings. The molecule has 0 radical (unpaired) electrons. The molecule has 1 saturated heterocycles. The van der Waals surface area contributed by atoms with Crippen LogP contribution in [0, 0.1) is 13.8 Å². The highest BCUT2D eigenvalue weighted by Crippen LogP contribution is 2.27. The standard InChI is InChI=1S/C28H32BrN7O3/c1-17-7-6-8-18(2)24(17)35-16-22(29)23-21(25(35)37)14-30-26(33-23)32-19-13-31-36(15-19)20-9-11-34(12-10-20)27(38)39-28(3,4)5/h6-8,13-16,20H,9-12H2,1-5H3,(H,30,32,33). The topological polar surface area (TPSA) is 107 Å². The van der Waals surface area contributed by atoms with Crippen molar-refractivity contribution >= 4 is 44.6 Å². The fourth-order valence-electron chi connectivity index (χ4n) is 4.87. The molecule has 1 aliphatic heterocycles. The molecule has 0 atom stereocenters. The second-order valence-corrected chi connectivity index (χ2v) is 11.7. The van der Waals surface area contributed by atoms with Gasteiger partial charge in [0.15, 0.2) is 0 Å². The number of carbonyl (C=O) groups is 1. The predicted octanol–water partition coefficient (Wildman–Crippen LogP) is 5.67. The fourth-order valence-corrected chi connectivity index (χ4v) is 5.37. The molecule has 4 aromatic rings. The third-order valence-electron chi connectivity index (χ3n) is 6.73. The van der Waals surface area contributed by atoms with E-state index < -0.39 is 5.60 Å². The van der Waals surface area contributed by atoms with Gasteiger partial charge in [-0.15, -0.1) is 0 Å². The van der Waals surface area contributed by atoms with E-state index in [2.05, 4.69) is 36.3 Å². The van der Waals surface area contributed by atoms with E-state index >= 15 is 0 Å². The minimum Gasteiger partial charge on any atom is -0.444 e. The van der Waals surface area contributed by atoms with E-state index in [1.807, 2.05) is 63.7 Å². The van der Waals surface area contributed by atoms with Gasteiger partial charge in [0.2, 0.25) is 5.95 Å². The summed E-state index contributed by atoms with van der Waals surface area (Å²) in [4.78, 5) is 36.5. The molecular weight excluding hydrogens is 562 g/mol. The Morgan fingerprint density at radius 3 is 2.46 bits per heavy atom. The predicted molar refractivity (Wildman–Crippen MR) is 154 cm³/mol. The highest BCUT2D eigenvalue weighted by molar-refractivity contribution is 9.10. The smallest absolute Gasteiger partial charge is 0.410 e. The molecule has 5 rings (SSSR count). The molecule has 1 N–H and O–H groups in total. The van der Waals surface area contributed by atoms with Crippen molar-refractivity contribution in [3.05, 3.63) is 68.9 Å². The van der Waals surface area contributed by atoms with Crippen molar-refractivity contribution in [2.24, 2.45) is 0 Å². The van der Waals surface area contributed by atoms with Gasteiger partial charge < -0.3 is 15.0 Å². The molecule has 0 unspecified atom stereocenters. The molecule has 0 aliphatic carbocycles. The third-order valence-corrected chi connectivity index (χ3v) is 7.32. The first-order valence-corrected chi connectivity index (χ1v) is 13.7. The molecular formula is C28H32BrN7O3. The van der Waals surface area contributed by atoms with Crippen LogP contribution in [0.2, 0.25) is 0 Å². The first kappa shape index (κ1) is 26.9. The number of aryl methyl sites for hydroxylation is 2. The quantitative estimate of drug-likeness (QED) is 0.324. The number of para-hydroxylation sites is 1. The molecule has 39 heavy (non-hydrogen) atoms. The molecule has 1 aromatic carbocycles. The maximum atomic E-state index is 13.4. The van der Waals surface area contributed by atoms with E-state index in [1.165, 1.54) is 0 Å². The van der Waals surface area contributed by atoms with Gasteiger partial charge in [0.05, 0.1) is 39.0 Å². The van der Waals surface area contributed by atoms with Gasteiger partial charge in [0, 0.05) is 31.7 Å². The fraction of sp³-hybridized carbons (Fsp3) is 0.393. The van der Waals surface area contributed by atoms with Crippen molar-refractivity contribution in [3.63, 3.8) is 0 Å². The summed E-state index contributed by atoms with van der Waals surface area (Å²) in [5.74, 6) is 0.367. The highest BCUT2D eigenvalue weighted by atomic mass is 79.9. The number of hydrogen-bond acceptors (Lipinski definition) is 7. The molecule has 204 valence electrons. The van der Waals surface area contributed by atoms with Crippen LogP contribution in [0.3, 0.4) is 0 Å². The van der Waals surface area contributed by atoms with Crippen LogP contribution in [0.25, 0.3) is 16.6 Å². The van der Waals surface area contributed by atoms with Gasteiger partial charge in [-0.1, -0.05) is 18.2 Å². The number of likely N-dealkylation sites (tertiary alicyclic amines) is 1. The van der Waals surface area contributed by atoms with Crippen LogP contribution < -0.4 is 10.9 Å². The number of anilines is 2. The minimum atomic E-state index is -0.507. The van der Waals surface area contributed by atoms with E-state index in [0.717, 1.165) is 35.3 Å². The number of halogens is 1. The molecule has 11 heteroatoms. The van der Waals surface area contributed by atoms with Crippen LogP contribution in [0.1, 0.15) is 50.8 Å². The van der Waals surface area contributed by atoms with Crippen LogP contribution in [0.4, 0.5) is 16.4 Å². The molecule has 1 aliphatic rings. The summed E-state index contributed by atoms with van der Waals surface area (Å²) in [6.07, 6.45) is 8.25. The SMILES string of the molecule is Cc1cccc(C)c1-n1cc(Br)c2nc(Nc3cnn(C4CCN(C(=O)OC(C)(C)C)CC4)c3)ncc2c1=O. The Morgan fingerprint density at radius 2 is 1.79 bits per heavy atom. The second-order valence-electron chi connectivity index (χ2n) is 10.9. The van der Waals surface area contributed by atoms with Crippen molar-refractivity contribution in [1.82, 2.24) is 29.2 Å². The zero-order valence-electron chi connectivity index (χ0n) is 22.7. The first-order chi connectivity index (χ1) is 18.5. The van der Waals surface area contributed by atoms with Gasteiger partial charge in [0.1, 0.15) is 5.60 Å². The zero-order valence-corrected chi connectivity index (χ0v) is 24.3. The number of carbonyl (C=O) groups excluding carboxylic acids is 1. The van der Waals surface area contributed by atoms with E-state index in [-0.39, 0.29) is 17.7 Å². The molecule has 0 saturated carbocycles. The van der Waals surface area contributed by atoms with E-state index in [9.17, 15) is 9.59 Å². The van der Waals surface area contributed by atoms with Crippen LogP contribution in [0.15, 0.2) is 52.3 Å². The molecule has 0 bridgehead atoms. The lowest BCUT2D eigenvalue weighted by molar-refractivity contribution is 0.0185. The number of hydrogen-bond donors (Lipinski definition) is 1. The van der Waals surface area contributed by atoms with Crippen LogP contribution in [0.5, 0.6) is 0 Å². The van der Waals surface area contributed by atoms with Gasteiger partial charge in [-0.3, -0.25) is 14.0 Å². The minimum absolute atomic E-state index is 0.175.